The molecule has 0 spiro atoms. The molecular formula is C33H31N5O4. The second-order valence-electron chi connectivity index (χ2n) is 11.1. The first-order chi connectivity index (χ1) is 20.5. The molecule has 0 radical (unpaired) electrons. The van der Waals surface area contributed by atoms with E-state index in [1.54, 1.807) is 17.0 Å². The first kappa shape index (κ1) is 26.2. The molecule has 42 heavy (non-hydrogen) atoms. The Balaban J connectivity index is 0.967. The molecular weight excluding hydrogens is 530 g/mol. The minimum absolute atomic E-state index is 0.203. The van der Waals surface area contributed by atoms with Crippen molar-refractivity contribution in [3.05, 3.63) is 107 Å². The van der Waals surface area contributed by atoms with Gasteiger partial charge in [0.05, 0.1) is 25.0 Å². The second kappa shape index (κ2) is 10.9. The van der Waals surface area contributed by atoms with E-state index < -0.39 is 11.9 Å². The van der Waals surface area contributed by atoms with Crippen molar-refractivity contribution in [2.75, 3.05) is 6.54 Å². The molecule has 9 heteroatoms. The molecule has 1 saturated heterocycles. The largest absolute Gasteiger partial charge is 0.489 e. The number of hydrogen-bond donors (Lipinski definition) is 1. The third-order valence-corrected chi connectivity index (χ3v) is 8.38. The molecule has 0 aliphatic carbocycles. The number of benzene rings is 3. The molecule has 3 aromatic carbocycles. The molecule has 1 N–H and O–H groups in total. The molecule has 9 nitrogen and oxygen atoms in total. The number of ether oxygens (including phenoxy) is 1. The van der Waals surface area contributed by atoms with Crippen molar-refractivity contribution in [2.24, 2.45) is 0 Å². The fourth-order valence-electron chi connectivity index (χ4n) is 6.14. The SMILES string of the molecule is O=C1CCC(N2Cc3c(OCc4ccc(CN5CCn6c(-c7ccccc7)cnc6C5)cc4)cccc3C2=O)C(=O)N1. The highest BCUT2D eigenvalue weighted by Crippen LogP contribution is 2.34. The van der Waals surface area contributed by atoms with Gasteiger partial charge in [-0.3, -0.25) is 24.6 Å². The van der Waals surface area contributed by atoms with Gasteiger partial charge in [0.2, 0.25) is 11.8 Å². The summed E-state index contributed by atoms with van der Waals surface area (Å²) in [6, 6.07) is 23.6. The number of carbonyl (C=O) groups excluding carboxylic acids is 3. The Labute approximate surface area is 243 Å². The summed E-state index contributed by atoms with van der Waals surface area (Å²) < 4.78 is 8.50. The zero-order chi connectivity index (χ0) is 28.6. The Kier molecular flexibility index (Phi) is 6.79. The summed E-state index contributed by atoms with van der Waals surface area (Å²) in [7, 11) is 0. The van der Waals surface area contributed by atoms with Crippen LogP contribution in [0.2, 0.25) is 0 Å². The van der Waals surface area contributed by atoms with Crippen LogP contribution in [0, 0.1) is 0 Å². The lowest BCUT2D eigenvalue weighted by atomic mass is 10.0. The minimum Gasteiger partial charge on any atom is -0.489 e. The predicted octanol–water partition coefficient (Wildman–Crippen LogP) is 3.91. The number of rotatable bonds is 7. The van der Waals surface area contributed by atoms with Crippen molar-refractivity contribution in [1.82, 2.24) is 24.7 Å². The Bertz CT molecular complexity index is 1660. The van der Waals surface area contributed by atoms with Gasteiger partial charge in [-0.25, -0.2) is 4.98 Å². The van der Waals surface area contributed by atoms with Gasteiger partial charge in [0.25, 0.3) is 5.91 Å². The lowest BCUT2D eigenvalue weighted by Crippen LogP contribution is -2.52. The fourth-order valence-corrected chi connectivity index (χ4v) is 6.14. The highest BCUT2D eigenvalue weighted by Gasteiger charge is 2.40. The van der Waals surface area contributed by atoms with E-state index in [0.29, 0.717) is 24.3 Å². The van der Waals surface area contributed by atoms with E-state index in [4.69, 9.17) is 9.72 Å². The maximum Gasteiger partial charge on any atom is 0.255 e. The molecule has 212 valence electrons. The van der Waals surface area contributed by atoms with E-state index in [0.717, 1.165) is 43.1 Å². The van der Waals surface area contributed by atoms with Crippen LogP contribution in [0.5, 0.6) is 5.75 Å². The Morgan fingerprint density at radius 1 is 0.881 bits per heavy atom. The summed E-state index contributed by atoms with van der Waals surface area (Å²) in [5, 5.41) is 2.35. The summed E-state index contributed by atoms with van der Waals surface area (Å²) >= 11 is 0. The van der Waals surface area contributed by atoms with Gasteiger partial charge in [-0.15, -0.1) is 0 Å². The summed E-state index contributed by atoms with van der Waals surface area (Å²) in [4.78, 5) is 45.7. The van der Waals surface area contributed by atoms with Crippen LogP contribution in [0.25, 0.3) is 11.3 Å². The molecule has 4 heterocycles. The van der Waals surface area contributed by atoms with Crippen LogP contribution in [0.1, 0.15) is 45.7 Å². The van der Waals surface area contributed by atoms with Gasteiger partial charge in [-0.2, -0.15) is 0 Å². The standard InChI is InChI=1S/C33H31N5O4/c39-31-14-13-27(32(40)35-31)38-19-26-25(33(38)41)7-4-8-29(26)42-21-23-11-9-22(10-12-23)18-36-15-16-37-28(17-34-30(37)20-36)24-5-2-1-3-6-24/h1-12,17,27H,13-16,18-21H2,(H,35,39,40). The van der Waals surface area contributed by atoms with Crippen LogP contribution in [0.15, 0.2) is 79.0 Å². The van der Waals surface area contributed by atoms with Gasteiger partial charge < -0.3 is 14.2 Å². The third-order valence-electron chi connectivity index (χ3n) is 8.38. The normalized spacial score (nSPS) is 18.5. The zero-order valence-corrected chi connectivity index (χ0v) is 23.2. The van der Waals surface area contributed by atoms with Crippen LogP contribution in [0.3, 0.4) is 0 Å². The number of nitrogens with zero attached hydrogens (tertiary/aromatic N) is 4. The number of piperidine rings is 1. The van der Waals surface area contributed by atoms with E-state index in [-0.39, 0.29) is 24.8 Å². The zero-order valence-electron chi connectivity index (χ0n) is 23.2. The Morgan fingerprint density at radius 2 is 1.69 bits per heavy atom. The second-order valence-corrected chi connectivity index (χ2v) is 11.1. The molecule has 3 aliphatic heterocycles. The number of hydrogen-bond acceptors (Lipinski definition) is 6. The smallest absolute Gasteiger partial charge is 0.255 e. The topological polar surface area (TPSA) is 96.8 Å². The van der Waals surface area contributed by atoms with Gasteiger partial charge in [0.15, 0.2) is 0 Å². The van der Waals surface area contributed by atoms with Gasteiger partial charge in [0, 0.05) is 37.2 Å². The quantitative estimate of drug-likeness (QED) is 0.344. The fraction of sp³-hybridized carbons (Fsp3) is 0.273. The maximum absolute atomic E-state index is 13.1. The highest BCUT2D eigenvalue weighted by molar-refractivity contribution is 6.05. The van der Waals surface area contributed by atoms with Crippen LogP contribution in [-0.2, 0) is 42.4 Å². The summed E-state index contributed by atoms with van der Waals surface area (Å²) in [5.74, 6) is 0.817. The van der Waals surface area contributed by atoms with Crippen LogP contribution in [0.4, 0.5) is 0 Å². The number of amides is 3. The van der Waals surface area contributed by atoms with E-state index >= 15 is 0 Å². The summed E-state index contributed by atoms with van der Waals surface area (Å²) in [5.41, 5.74) is 5.96. The molecule has 3 aliphatic rings. The highest BCUT2D eigenvalue weighted by atomic mass is 16.5. The molecule has 1 aromatic heterocycles. The Hall–Kier alpha value is -4.76. The Morgan fingerprint density at radius 3 is 2.50 bits per heavy atom. The van der Waals surface area contributed by atoms with Gasteiger partial charge in [-0.05, 0) is 35.2 Å². The summed E-state index contributed by atoms with van der Waals surface area (Å²) in [6.07, 6.45) is 2.54. The van der Waals surface area contributed by atoms with Gasteiger partial charge in [-0.1, -0.05) is 60.7 Å². The number of imide groups is 1. The number of imidazole rings is 1. The number of carbonyl (C=O) groups is 3. The number of nitrogens with one attached hydrogen (secondary N) is 1. The molecule has 1 atom stereocenters. The van der Waals surface area contributed by atoms with Crippen molar-refractivity contribution in [3.8, 4) is 17.0 Å². The van der Waals surface area contributed by atoms with E-state index in [1.807, 2.05) is 18.3 Å². The molecule has 0 saturated carbocycles. The van der Waals surface area contributed by atoms with Crippen molar-refractivity contribution in [3.63, 3.8) is 0 Å². The number of aromatic nitrogens is 2. The van der Waals surface area contributed by atoms with Crippen molar-refractivity contribution < 1.29 is 19.1 Å². The molecule has 1 fully saturated rings. The number of fused-ring (bicyclic) bond motifs is 2. The van der Waals surface area contributed by atoms with E-state index in [1.165, 1.54) is 16.8 Å². The van der Waals surface area contributed by atoms with Crippen LogP contribution < -0.4 is 10.1 Å². The van der Waals surface area contributed by atoms with Crippen LogP contribution in [-0.4, -0.2) is 49.7 Å². The molecule has 1 unspecified atom stereocenters. The first-order valence-corrected chi connectivity index (χ1v) is 14.3. The van der Waals surface area contributed by atoms with Crippen molar-refractivity contribution in [2.45, 2.75) is 51.7 Å². The van der Waals surface area contributed by atoms with Crippen LogP contribution >= 0.6 is 0 Å². The van der Waals surface area contributed by atoms with Crippen molar-refractivity contribution >= 4 is 17.7 Å². The lowest BCUT2D eigenvalue weighted by molar-refractivity contribution is -0.136. The molecule has 3 amide bonds. The first-order valence-electron chi connectivity index (χ1n) is 14.3. The molecule has 0 bridgehead atoms. The molecule has 7 rings (SSSR count). The third kappa shape index (κ3) is 4.96. The maximum atomic E-state index is 13.1. The van der Waals surface area contributed by atoms with E-state index in [9.17, 15) is 14.4 Å². The van der Waals surface area contributed by atoms with Gasteiger partial charge in [0.1, 0.15) is 24.2 Å². The summed E-state index contributed by atoms with van der Waals surface area (Å²) in [6.45, 7) is 4.19. The predicted molar refractivity (Wildman–Crippen MR) is 155 cm³/mol. The lowest BCUT2D eigenvalue weighted by Gasteiger charge is -2.29. The van der Waals surface area contributed by atoms with Gasteiger partial charge >= 0.3 is 0 Å². The molecule has 4 aromatic rings. The monoisotopic (exact) mass is 561 g/mol. The average Bonchev–Trinajstić information content (AvgIpc) is 3.58. The van der Waals surface area contributed by atoms with E-state index in [2.05, 4.69) is 63.3 Å². The van der Waals surface area contributed by atoms with Crippen molar-refractivity contribution in [1.29, 1.82) is 0 Å². The average molecular weight is 562 g/mol. The minimum atomic E-state index is -0.645.